The van der Waals surface area contributed by atoms with E-state index in [0.717, 1.165) is 6.42 Å². The minimum absolute atomic E-state index is 0.00418. The molecule has 0 heterocycles. The highest BCUT2D eigenvalue weighted by Crippen LogP contribution is 1.89. The molecule has 0 saturated carbocycles. The van der Waals surface area contributed by atoms with Gasteiger partial charge in [-0.1, -0.05) is 19.1 Å². The molecule has 0 aromatic rings. The summed E-state index contributed by atoms with van der Waals surface area (Å²) < 4.78 is 4.89. The van der Waals surface area contributed by atoms with Crippen LogP contribution in [0.1, 0.15) is 13.3 Å². The molecule has 0 rings (SSSR count). The Kier molecular flexibility index (Phi) is 7.46. The highest BCUT2D eigenvalue weighted by Gasteiger charge is 1.96. The first-order valence-corrected chi connectivity index (χ1v) is 3.84. The van der Waals surface area contributed by atoms with Crippen LogP contribution < -0.4 is 0 Å². The molecule has 0 aliphatic rings. The molecule has 1 unspecified atom stereocenters. The molecule has 3 nitrogen and oxygen atoms in total. The topological polar surface area (TPSA) is 49.7 Å². The molecule has 3 heteroatoms. The van der Waals surface area contributed by atoms with Gasteiger partial charge < -0.3 is 14.9 Å². The first-order valence-electron chi connectivity index (χ1n) is 3.84. The van der Waals surface area contributed by atoms with Crippen LogP contribution in [-0.4, -0.2) is 36.1 Å². The molecular formula is C8H16O3. The lowest BCUT2D eigenvalue weighted by atomic mass is 10.3. The van der Waals surface area contributed by atoms with Gasteiger partial charge in [0.2, 0.25) is 0 Å². The molecule has 0 bridgehead atoms. The Morgan fingerprint density at radius 2 is 2.27 bits per heavy atom. The first-order chi connectivity index (χ1) is 5.31. The smallest absolute Gasteiger partial charge is 0.0954 e. The Balaban J connectivity index is 3.21. The SMILES string of the molecule is CCC=CC(O)COCCO. The van der Waals surface area contributed by atoms with Crippen molar-refractivity contribution in [1.29, 1.82) is 0 Å². The molecule has 2 N–H and O–H groups in total. The van der Waals surface area contributed by atoms with Gasteiger partial charge in [0, 0.05) is 0 Å². The van der Waals surface area contributed by atoms with Crippen molar-refractivity contribution in [2.24, 2.45) is 0 Å². The van der Waals surface area contributed by atoms with Crippen molar-refractivity contribution in [3.63, 3.8) is 0 Å². The molecule has 0 spiro atoms. The van der Waals surface area contributed by atoms with Crippen LogP contribution in [0.15, 0.2) is 12.2 Å². The van der Waals surface area contributed by atoms with E-state index in [1.54, 1.807) is 6.08 Å². The zero-order valence-electron chi connectivity index (χ0n) is 6.86. The fraction of sp³-hybridized carbons (Fsp3) is 0.750. The maximum Gasteiger partial charge on any atom is 0.0954 e. The van der Waals surface area contributed by atoms with E-state index in [0.29, 0.717) is 0 Å². The predicted octanol–water partition coefficient (Wildman–Crippen LogP) is 0.322. The van der Waals surface area contributed by atoms with Crippen molar-refractivity contribution in [3.05, 3.63) is 12.2 Å². The first kappa shape index (κ1) is 10.6. The van der Waals surface area contributed by atoms with Gasteiger partial charge in [-0.15, -0.1) is 0 Å². The molecular weight excluding hydrogens is 144 g/mol. The second-order valence-corrected chi connectivity index (χ2v) is 2.20. The Morgan fingerprint density at radius 1 is 1.55 bits per heavy atom. The second kappa shape index (κ2) is 7.72. The lowest BCUT2D eigenvalue weighted by Crippen LogP contribution is -2.13. The zero-order valence-corrected chi connectivity index (χ0v) is 6.86. The van der Waals surface area contributed by atoms with Gasteiger partial charge >= 0.3 is 0 Å². The number of hydrogen-bond acceptors (Lipinski definition) is 3. The summed E-state index contributed by atoms with van der Waals surface area (Å²) in [4.78, 5) is 0. The monoisotopic (exact) mass is 160 g/mol. The number of aliphatic hydroxyl groups is 2. The van der Waals surface area contributed by atoms with Crippen molar-refractivity contribution < 1.29 is 14.9 Å². The highest BCUT2D eigenvalue weighted by molar-refractivity contribution is 4.87. The minimum Gasteiger partial charge on any atom is -0.394 e. The van der Waals surface area contributed by atoms with E-state index in [9.17, 15) is 0 Å². The normalized spacial score (nSPS) is 14.1. The Bertz CT molecular complexity index is 102. The van der Waals surface area contributed by atoms with E-state index in [1.165, 1.54) is 0 Å². The van der Waals surface area contributed by atoms with Gasteiger partial charge in [-0.3, -0.25) is 0 Å². The van der Waals surface area contributed by atoms with E-state index in [-0.39, 0.29) is 19.8 Å². The maximum absolute atomic E-state index is 9.11. The lowest BCUT2D eigenvalue weighted by Gasteiger charge is -2.04. The molecule has 0 saturated heterocycles. The van der Waals surface area contributed by atoms with Gasteiger partial charge in [-0.2, -0.15) is 0 Å². The van der Waals surface area contributed by atoms with Crippen LogP contribution in [0.5, 0.6) is 0 Å². The van der Waals surface area contributed by atoms with E-state index < -0.39 is 6.10 Å². The fourth-order valence-electron chi connectivity index (χ4n) is 0.617. The molecule has 0 aliphatic carbocycles. The molecule has 0 fully saturated rings. The van der Waals surface area contributed by atoms with Gasteiger partial charge in [0.1, 0.15) is 0 Å². The largest absolute Gasteiger partial charge is 0.394 e. The van der Waals surface area contributed by atoms with E-state index in [1.807, 2.05) is 13.0 Å². The zero-order chi connectivity index (χ0) is 8.53. The van der Waals surface area contributed by atoms with Gasteiger partial charge in [0.15, 0.2) is 0 Å². The summed E-state index contributed by atoms with van der Waals surface area (Å²) in [7, 11) is 0. The summed E-state index contributed by atoms with van der Waals surface area (Å²) in [6.07, 6.45) is 3.95. The van der Waals surface area contributed by atoms with Crippen molar-refractivity contribution in [2.45, 2.75) is 19.4 Å². The van der Waals surface area contributed by atoms with Crippen LogP contribution in [0.25, 0.3) is 0 Å². The van der Waals surface area contributed by atoms with E-state index in [2.05, 4.69) is 0 Å². The molecule has 11 heavy (non-hydrogen) atoms. The summed E-state index contributed by atoms with van der Waals surface area (Å²) in [6.45, 7) is 2.55. The van der Waals surface area contributed by atoms with Crippen LogP contribution in [0.3, 0.4) is 0 Å². The quantitative estimate of drug-likeness (QED) is 0.434. The minimum atomic E-state index is -0.540. The molecule has 1 atom stereocenters. The Labute approximate surface area is 67.3 Å². The number of hydrogen-bond donors (Lipinski definition) is 2. The number of aliphatic hydroxyl groups excluding tert-OH is 2. The summed E-state index contributed by atoms with van der Waals surface area (Å²) in [6, 6.07) is 0. The third-order valence-electron chi connectivity index (χ3n) is 1.12. The average molecular weight is 160 g/mol. The van der Waals surface area contributed by atoms with Crippen molar-refractivity contribution in [3.8, 4) is 0 Å². The van der Waals surface area contributed by atoms with Gasteiger partial charge in [0.05, 0.1) is 25.9 Å². The molecule has 0 aromatic carbocycles. The Morgan fingerprint density at radius 3 is 2.82 bits per heavy atom. The predicted molar refractivity (Wildman–Crippen MR) is 43.3 cm³/mol. The van der Waals surface area contributed by atoms with Crippen molar-refractivity contribution in [1.82, 2.24) is 0 Å². The van der Waals surface area contributed by atoms with Crippen LogP contribution in [0.2, 0.25) is 0 Å². The standard InChI is InChI=1S/C8H16O3/c1-2-3-4-8(10)7-11-6-5-9/h3-4,8-10H,2,5-7H2,1H3. The Hall–Kier alpha value is -0.380. The third kappa shape index (κ3) is 7.52. The van der Waals surface area contributed by atoms with Gasteiger partial charge in [-0.25, -0.2) is 0 Å². The fourth-order valence-corrected chi connectivity index (χ4v) is 0.617. The van der Waals surface area contributed by atoms with E-state index in [4.69, 9.17) is 14.9 Å². The summed E-state index contributed by atoms with van der Waals surface area (Å²) in [5.41, 5.74) is 0. The lowest BCUT2D eigenvalue weighted by molar-refractivity contribution is 0.0399. The number of rotatable bonds is 6. The van der Waals surface area contributed by atoms with Crippen LogP contribution in [-0.2, 0) is 4.74 Å². The van der Waals surface area contributed by atoms with Crippen LogP contribution >= 0.6 is 0 Å². The second-order valence-electron chi connectivity index (χ2n) is 2.20. The van der Waals surface area contributed by atoms with Gasteiger partial charge in [-0.05, 0) is 6.42 Å². The maximum atomic E-state index is 9.11. The van der Waals surface area contributed by atoms with E-state index >= 15 is 0 Å². The van der Waals surface area contributed by atoms with Crippen molar-refractivity contribution in [2.75, 3.05) is 19.8 Å². The highest BCUT2D eigenvalue weighted by atomic mass is 16.5. The van der Waals surface area contributed by atoms with Crippen LogP contribution in [0, 0.1) is 0 Å². The average Bonchev–Trinajstić information content (AvgIpc) is 2.01. The number of ether oxygens (including phenoxy) is 1. The summed E-state index contributed by atoms with van der Waals surface area (Å²) >= 11 is 0. The molecule has 0 amide bonds. The van der Waals surface area contributed by atoms with Crippen molar-refractivity contribution >= 4 is 0 Å². The molecule has 0 aromatic heterocycles. The summed E-state index contributed by atoms with van der Waals surface area (Å²) in [5, 5.41) is 17.4. The number of allylic oxidation sites excluding steroid dienone is 1. The summed E-state index contributed by atoms with van der Waals surface area (Å²) in [5.74, 6) is 0. The van der Waals surface area contributed by atoms with Crippen LogP contribution in [0.4, 0.5) is 0 Å². The molecule has 66 valence electrons. The molecule has 0 radical (unpaired) electrons. The third-order valence-corrected chi connectivity index (χ3v) is 1.12. The molecule has 0 aliphatic heterocycles. The van der Waals surface area contributed by atoms with Gasteiger partial charge in [0.25, 0.3) is 0 Å².